The first kappa shape index (κ1) is 8.55. The van der Waals surface area contributed by atoms with Gasteiger partial charge in [-0.2, -0.15) is 0 Å². The number of carboxylic acids is 1. The van der Waals surface area contributed by atoms with Gasteiger partial charge in [0.05, 0.1) is 5.56 Å². The first-order chi connectivity index (χ1) is 5.63. The molecule has 5 N–H and O–H groups in total. The minimum absolute atomic E-state index is 0.176. The lowest BCUT2D eigenvalue weighted by Crippen LogP contribution is -2.03. The van der Waals surface area contributed by atoms with Gasteiger partial charge >= 0.3 is 5.97 Å². The molecular formula is C8H10N2O2. The molecule has 0 aliphatic heterocycles. The number of anilines is 1. The van der Waals surface area contributed by atoms with E-state index in [4.69, 9.17) is 16.6 Å². The standard InChI is InChI=1S/C8H10N2O2/c9-4-5-1-6(8(11)12)3-7(10)2-5/h1-3H,4,9-10H2,(H,11,12). The van der Waals surface area contributed by atoms with Crippen molar-refractivity contribution in [2.45, 2.75) is 6.54 Å². The van der Waals surface area contributed by atoms with Crippen LogP contribution in [0.3, 0.4) is 0 Å². The Labute approximate surface area is 69.8 Å². The van der Waals surface area contributed by atoms with Crippen LogP contribution in [0, 0.1) is 0 Å². The Morgan fingerprint density at radius 1 is 1.42 bits per heavy atom. The van der Waals surface area contributed by atoms with E-state index in [1.165, 1.54) is 12.1 Å². The van der Waals surface area contributed by atoms with Gasteiger partial charge in [-0.15, -0.1) is 0 Å². The number of aromatic carboxylic acids is 1. The molecule has 0 atom stereocenters. The Morgan fingerprint density at radius 2 is 2.08 bits per heavy atom. The molecule has 0 unspecified atom stereocenters. The SMILES string of the molecule is NCc1cc(N)cc(C(=O)O)c1. The minimum atomic E-state index is -0.989. The van der Waals surface area contributed by atoms with Crippen LogP contribution in [0.4, 0.5) is 5.69 Å². The first-order valence-electron chi connectivity index (χ1n) is 3.46. The third-order valence-electron chi connectivity index (χ3n) is 1.50. The summed E-state index contributed by atoms with van der Waals surface area (Å²) in [6.07, 6.45) is 0. The second-order valence-corrected chi connectivity index (χ2v) is 2.47. The van der Waals surface area contributed by atoms with E-state index < -0.39 is 5.97 Å². The molecule has 12 heavy (non-hydrogen) atoms. The number of benzene rings is 1. The lowest BCUT2D eigenvalue weighted by Gasteiger charge is -2.01. The van der Waals surface area contributed by atoms with Crippen molar-refractivity contribution < 1.29 is 9.90 Å². The van der Waals surface area contributed by atoms with E-state index in [0.717, 1.165) is 5.56 Å². The highest BCUT2D eigenvalue weighted by atomic mass is 16.4. The van der Waals surface area contributed by atoms with Gasteiger partial charge in [0.2, 0.25) is 0 Å². The maximum absolute atomic E-state index is 10.5. The highest BCUT2D eigenvalue weighted by Gasteiger charge is 2.04. The fraction of sp³-hybridized carbons (Fsp3) is 0.125. The molecule has 0 amide bonds. The third-order valence-corrected chi connectivity index (χ3v) is 1.50. The number of nitrogen functional groups attached to an aromatic ring is 1. The summed E-state index contributed by atoms with van der Waals surface area (Å²) in [7, 11) is 0. The topological polar surface area (TPSA) is 89.3 Å². The second kappa shape index (κ2) is 3.23. The van der Waals surface area contributed by atoms with E-state index in [9.17, 15) is 4.79 Å². The maximum atomic E-state index is 10.5. The number of hydrogen-bond acceptors (Lipinski definition) is 3. The van der Waals surface area contributed by atoms with E-state index in [2.05, 4.69) is 0 Å². The quantitative estimate of drug-likeness (QED) is 0.555. The molecule has 0 spiro atoms. The molecule has 1 aromatic rings. The van der Waals surface area contributed by atoms with Gasteiger partial charge in [-0.1, -0.05) is 0 Å². The smallest absolute Gasteiger partial charge is 0.335 e. The van der Waals surface area contributed by atoms with Crippen LogP contribution in [0.15, 0.2) is 18.2 Å². The molecule has 0 fully saturated rings. The summed E-state index contributed by atoms with van der Waals surface area (Å²) in [5.74, 6) is -0.989. The zero-order valence-electron chi connectivity index (χ0n) is 6.45. The largest absolute Gasteiger partial charge is 0.478 e. The Bertz CT molecular complexity index is 310. The molecular weight excluding hydrogens is 156 g/mol. The van der Waals surface area contributed by atoms with E-state index in [1.807, 2.05) is 0 Å². The average molecular weight is 166 g/mol. The van der Waals surface area contributed by atoms with Crippen LogP contribution < -0.4 is 11.5 Å². The summed E-state index contributed by atoms with van der Waals surface area (Å²) in [5, 5.41) is 8.63. The van der Waals surface area contributed by atoms with Gasteiger partial charge in [-0.05, 0) is 23.8 Å². The highest BCUT2D eigenvalue weighted by molar-refractivity contribution is 5.89. The van der Waals surface area contributed by atoms with Gasteiger partial charge in [0.15, 0.2) is 0 Å². The second-order valence-electron chi connectivity index (χ2n) is 2.47. The van der Waals surface area contributed by atoms with Crippen LogP contribution in [0.5, 0.6) is 0 Å². The van der Waals surface area contributed by atoms with Crippen LogP contribution in [-0.2, 0) is 6.54 Å². The van der Waals surface area contributed by atoms with Crippen molar-refractivity contribution in [3.63, 3.8) is 0 Å². The van der Waals surface area contributed by atoms with Crippen LogP contribution in [-0.4, -0.2) is 11.1 Å². The van der Waals surface area contributed by atoms with Crippen molar-refractivity contribution >= 4 is 11.7 Å². The van der Waals surface area contributed by atoms with Gasteiger partial charge < -0.3 is 16.6 Å². The Kier molecular flexibility index (Phi) is 2.30. The van der Waals surface area contributed by atoms with Crippen molar-refractivity contribution in [3.8, 4) is 0 Å². The molecule has 64 valence electrons. The molecule has 0 saturated carbocycles. The van der Waals surface area contributed by atoms with Gasteiger partial charge in [-0.3, -0.25) is 0 Å². The molecule has 4 nitrogen and oxygen atoms in total. The molecule has 0 bridgehead atoms. The molecule has 0 aliphatic rings. The fourth-order valence-corrected chi connectivity index (χ4v) is 0.960. The summed E-state index contributed by atoms with van der Waals surface area (Å²) in [5.41, 5.74) is 12.1. The van der Waals surface area contributed by atoms with Gasteiger partial charge in [0.25, 0.3) is 0 Å². The van der Waals surface area contributed by atoms with E-state index in [0.29, 0.717) is 12.2 Å². The Balaban J connectivity index is 3.15. The molecule has 0 radical (unpaired) electrons. The predicted octanol–water partition coefficient (Wildman–Crippen LogP) is 0.426. The van der Waals surface area contributed by atoms with Crippen LogP contribution >= 0.6 is 0 Å². The maximum Gasteiger partial charge on any atom is 0.335 e. The van der Waals surface area contributed by atoms with E-state index >= 15 is 0 Å². The minimum Gasteiger partial charge on any atom is -0.478 e. The fourth-order valence-electron chi connectivity index (χ4n) is 0.960. The predicted molar refractivity (Wildman–Crippen MR) is 45.7 cm³/mol. The number of carboxylic acid groups (broad SMARTS) is 1. The summed E-state index contributed by atoms with van der Waals surface area (Å²) in [6.45, 7) is 0.297. The van der Waals surface area contributed by atoms with Crippen LogP contribution in [0.2, 0.25) is 0 Å². The summed E-state index contributed by atoms with van der Waals surface area (Å²) in [4.78, 5) is 10.5. The van der Waals surface area contributed by atoms with Crippen molar-refractivity contribution in [2.75, 3.05) is 5.73 Å². The normalized spacial score (nSPS) is 9.75. The molecule has 0 heterocycles. The van der Waals surface area contributed by atoms with Crippen molar-refractivity contribution in [3.05, 3.63) is 29.3 Å². The van der Waals surface area contributed by atoms with E-state index in [-0.39, 0.29) is 5.56 Å². The zero-order valence-corrected chi connectivity index (χ0v) is 6.45. The van der Waals surface area contributed by atoms with E-state index in [1.54, 1.807) is 6.07 Å². The highest BCUT2D eigenvalue weighted by Crippen LogP contribution is 2.11. The molecule has 4 heteroatoms. The van der Waals surface area contributed by atoms with Crippen LogP contribution in [0.25, 0.3) is 0 Å². The van der Waals surface area contributed by atoms with Gasteiger partial charge in [0, 0.05) is 12.2 Å². The third kappa shape index (κ3) is 1.73. The number of carbonyl (C=O) groups is 1. The lowest BCUT2D eigenvalue weighted by atomic mass is 10.1. The number of rotatable bonds is 2. The Morgan fingerprint density at radius 3 is 2.58 bits per heavy atom. The van der Waals surface area contributed by atoms with Gasteiger partial charge in [-0.25, -0.2) is 4.79 Å². The Hall–Kier alpha value is -1.55. The van der Waals surface area contributed by atoms with Crippen molar-refractivity contribution in [1.29, 1.82) is 0 Å². The zero-order chi connectivity index (χ0) is 9.14. The molecule has 0 saturated heterocycles. The lowest BCUT2D eigenvalue weighted by molar-refractivity contribution is 0.0697. The molecule has 1 aromatic carbocycles. The average Bonchev–Trinajstić information content (AvgIpc) is 2.03. The van der Waals surface area contributed by atoms with Crippen molar-refractivity contribution in [1.82, 2.24) is 0 Å². The number of hydrogen-bond donors (Lipinski definition) is 3. The molecule has 1 rings (SSSR count). The number of nitrogens with two attached hydrogens (primary N) is 2. The van der Waals surface area contributed by atoms with Gasteiger partial charge in [0.1, 0.15) is 0 Å². The van der Waals surface area contributed by atoms with Crippen LogP contribution in [0.1, 0.15) is 15.9 Å². The monoisotopic (exact) mass is 166 g/mol. The van der Waals surface area contributed by atoms with Crippen molar-refractivity contribution in [2.24, 2.45) is 5.73 Å². The summed E-state index contributed by atoms with van der Waals surface area (Å²) < 4.78 is 0. The summed E-state index contributed by atoms with van der Waals surface area (Å²) >= 11 is 0. The molecule has 0 aromatic heterocycles. The molecule has 0 aliphatic carbocycles. The summed E-state index contributed by atoms with van der Waals surface area (Å²) in [6, 6.07) is 4.58. The first-order valence-corrected chi connectivity index (χ1v) is 3.46.